The van der Waals surface area contributed by atoms with Crippen LogP contribution in [0.3, 0.4) is 0 Å². The molecule has 5 heteroatoms. The second kappa shape index (κ2) is 8.43. The Morgan fingerprint density at radius 1 is 1.30 bits per heavy atom. The third-order valence-electron chi connectivity index (χ3n) is 2.95. The molecule has 112 valence electrons. The molecule has 0 spiro atoms. The summed E-state index contributed by atoms with van der Waals surface area (Å²) in [6.45, 7) is 1.10. The summed E-state index contributed by atoms with van der Waals surface area (Å²) in [4.78, 5) is 13.0. The standard InChI is InChI=1S/C15H24N2O3/c1-17(2)15(18)5-4-10-20-13-7-6-12(8-9-16)11-14(13)19-3/h6-7,11H,4-5,8-10,16H2,1-3H3. The quantitative estimate of drug-likeness (QED) is 0.732. The van der Waals surface area contributed by atoms with E-state index in [-0.39, 0.29) is 5.91 Å². The summed E-state index contributed by atoms with van der Waals surface area (Å²) in [5, 5.41) is 0. The molecule has 1 rings (SSSR count). The van der Waals surface area contributed by atoms with Gasteiger partial charge in [0.05, 0.1) is 13.7 Å². The van der Waals surface area contributed by atoms with E-state index in [0.717, 1.165) is 12.0 Å². The minimum atomic E-state index is 0.110. The van der Waals surface area contributed by atoms with Crippen molar-refractivity contribution in [1.82, 2.24) is 4.90 Å². The van der Waals surface area contributed by atoms with Crippen LogP contribution in [0, 0.1) is 0 Å². The van der Waals surface area contributed by atoms with Gasteiger partial charge in [0.2, 0.25) is 5.91 Å². The van der Waals surface area contributed by atoms with Gasteiger partial charge in [-0.3, -0.25) is 4.79 Å². The van der Waals surface area contributed by atoms with Gasteiger partial charge in [-0.25, -0.2) is 0 Å². The van der Waals surface area contributed by atoms with Gasteiger partial charge in [-0.2, -0.15) is 0 Å². The Kier molecular flexibility index (Phi) is 6.87. The van der Waals surface area contributed by atoms with Gasteiger partial charge < -0.3 is 20.1 Å². The molecule has 1 amide bonds. The number of hydrogen-bond donors (Lipinski definition) is 1. The molecule has 1 aromatic rings. The fourth-order valence-electron chi connectivity index (χ4n) is 1.78. The fraction of sp³-hybridized carbons (Fsp3) is 0.533. The first-order chi connectivity index (χ1) is 9.58. The van der Waals surface area contributed by atoms with Gasteiger partial charge in [-0.05, 0) is 37.1 Å². The second-order valence-corrected chi connectivity index (χ2v) is 4.76. The van der Waals surface area contributed by atoms with Gasteiger partial charge in [0.15, 0.2) is 11.5 Å². The average molecular weight is 280 g/mol. The number of hydrogen-bond acceptors (Lipinski definition) is 4. The third-order valence-corrected chi connectivity index (χ3v) is 2.95. The zero-order valence-electron chi connectivity index (χ0n) is 12.5. The molecule has 0 aliphatic carbocycles. The highest BCUT2D eigenvalue weighted by Gasteiger charge is 2.07. The third kappa shape index (κ3) is 5.09. The molecule has 0 radical (unpaired) electrons. The molecule has 0 saturated heterocycles. The Hall–Kier alpha value is -1.75. The Morgan fingerprint density at radius 2 is 2.05 bits per heavy atom. The number of rotatable bonds is 8. The maximum absolute atomic E-state index is 11.4. The van der Waals surface area contributed by atoms with Gasteiger partial charge in [0, 0.05) is 20.5 Å². The van der Waals surface area contributed by atoms with Crippen LogP contribution in [0.15, 0.2) is 18.2 Å². The lowest BCUT2D eigenvalue weighted by Gasteiger charge is -2.13. The van der Waals surface area contributed by atoms with Crippen molar-refractivity contribution in [3.05, 3.63) is 23.8 Å². The highest BCUT2D eigenvalue weighted by molar-refractivity contribution is 5.75. The van der Waals surface area contributed by atoms with E-state index < -0.39 is 0 Å². The monoisotopic (exact) mass is 280 g/mol. The lowest BCUT2D eigenvalue weighted by molar-refractivity contribution is -0.128. The second-order valence-electron chi connectivity index (χ2n) is 4.76. The molecular formula is C15H24N2O3. The molecule has 0 aliphatic rings. The van der Waals surface area contributed by atoms with E-state index >= 15 is 0 Å². The van der Waals surface area contributed by atoms with Crippen LogP contribution in [-0.4, -0.2) is 45.2 Å². The SMILES string of the molecule is COc1cc(CCN)ccc1OCCCC(=O)N(C)C. The maximum atomic E-state index is 11.4. The van der Waals surface area contributed by atoms with Crippen LogP contribution in [-0.2, 0) is 11.2 Å². The van der Waals surface area contributed by atoms with Crippen LogP contribution in [0.4, 0.5) is 0 Å². The lowest BCUT2D eigenvalue weighted by Crippen LogP contribution is -2.21. The molecule has 2 N–H and O–H groups in total. The van der Waals surface area contributed by atoms with Gasteiger partial charge in [0.1, 0.15) is 0 Å². The van der Waals surface area contributed by atoms with Crippen molar-refractivity contribution >= 4 is 5.91 Å². The van der Waals surface area contributed by atoms with Crippen molar-refractivity contribution in [2.24, 2.45) is 5.73 Å². The number of nitrogens with zero attached hydrogens (tertiary/aromatic N) is 1. The van der Waals surface area contributed by atoms with Crippen LogP contribution in [0.1, 0.15) is 18.4 Å². The van der Waals surface area contributed by atoms with E-state index in [9.17, 15) is 4.79 Å². The summed E-state index contributed by atoms with van der Waals surface area (Å²) in [5.74, 6) is 1.51. The molecule has 1 aromatic carbocycles. The van der Waals surface area contributed by atoms with Crippen molar-refractivity contribution in [2.45, 2.75) is 19.3 Å². The molecule has 0 saturated carbocycles. The van der Waals surface area contributed by atoms with Crippen LogP contribution >= 0.6 is 0 Å². The molecule has 20 heavy (non-hydrogen) atoms. The van der Waals surface area contributed by atoms with Crippen molar-refractivity contribution < 1.29 is 14.3 Å². The van der Waals surface area contributed by atoms with Crippen LogP contribution in [0.25, 0.3) is 0 Å². The largest absolute Gasteiger partial charge is 0.493 e. The summed E-state index contributed by atoms with van der Waals surface area (Å²) < 4.78 is 11.0. The predicted molar refractivity (Wildman–Crippen MR) is 79.2 cm³/mol. The molecule has 0 fully saturated rings. The normalized spacial score (nSPS) is 10.2. The summed E-state index contributed by atoms with van der Waals surface area (Å²) >= 11 is 0. The highest BCUT2D eigenvalue weighted by atomic mass is 16.5. The predicted octanol–water partition coefficient (Wildman–Crippen LogP) is 1.44. The molecule has 0 bridgehead atoms. The smallest absolute Gasteiger partial charge is 0.222 e. The zero-order valence-corrected chi connectivity index (χ0v) is 12.5. The number of methoxy groups -OCH3 is 1. The van der Waals surface area contributed by atoms with Gasteiger partial charge in [-0.15, -0.1) is 0 Å². The molecule has 5 nitrogen and oxygen atoms in total. The lowest BCUT2D eigenvalue weighted by atomic mass is 10.1. The minimum absolute atomic E-state index is 0.110. The minimum Gasteiger partial charge on any atom is -0.493 e. The number of ether oxygens (including phenoxy) is 2. The van der Waals surface area contributed by atoms with E-state index in [1.807, 2.05) is 18.2 Å². The summed E-state index contributed by atoms with van der Waals surface area (Å²) in [6.07, 6.45) is 1.99. The summed E-state index contributed by atoms with van der Waals surface area (Å²) in [5.41, 5.74) is 6.66. The van der Waals surface area contributed by atoms with E-state index in [1.165, 1.54) is 0 Å². The fourth-order valence-corrected chi connectivity index (χ4v) is 1.78. The molecule has 0 heterocycles. The molecule has 0 aromatic heterocycles. The highest BCUT2D eigenvalue weighted by Crippen LogP contribution is 2.28. The van der Waals surface area contributed by atoms with E-state index in [4.69, 9.17) is 15.2 Å². The van der Waals surface area contributed by atoms with E-state index in [2.05, 4.69) is 0 Å². The van der Waals surface area contributed by atoms with E-state index in [1.54, 1.807) is 26.1 Å². The number of carbonyl (C=O) groups is 1. The Balaban J connectivity index is 2.49. The van der Waals surface area contributed by atoms with Crippen LogP contribution in [0.2, 0.25) is 0 Å². The van der Waals surface area contributed by atoms with E-state index in [0.29, 0.717) is 37.5 Å². The molecule has 0 unspecified atom stereocenters. The van der Waals surface area contributed by atoms with Crippen LogP contribution < -0.4 is 15.2 Å². The Bertz CT molecular complexity index is 433. The van der Waals surface area contributed by atoms with Gasteiger partial charge in [0.25, 0.3) is 0 Å². The number of benzene rings is 1. The zero-order chi connectivity index (χ0) is 15.0. The first-order valence-electron chi connectivity index (χ1n) is 6.78. The molecule has 0 atom stereocenters. The Morgan fingerprint density at radius 3 is 2.65 bits per heavy atom. The summed E-state index contributed by atoms with van der Waals surface area (Å²) in [6, 6.07) is 5.81. The summed E-state index contributed by atoms with van der Waals surface area (Å²) in [7, 11) is 5.12. The molecule has 0 aliphatic heterocycles. The van der Waals surface area contributed by atoms with Gasteiger partial charge in [-0.1, -0.05) is 6.07 Å². The number of carbonyl (C=O) groups excluding carboxylic acids is 1. The van der Waals surface area contributed by atoms with Gasteiger partial charge >= 0.3 is 0 Å². The first kappa shape index (κ1) is 16.3. The van der Waals surface area contributed by atoms with Crippen LogP contribution in [0.5, 0.6) is 11.5 Å². The van der Waals surface area contributed by atoms with Crippen molar-refractivity contribution in [3.8, 4) is 11.5 Å². The maximum Gasteiger partial charge on any atom is 0.222 e. The number of amides is 1. The van der Waals surface area contributed by atoms with Crippen molar-refractivity contribution in [3.63, 3.8) is 0 Å². The topological polar surface area (TPSA) is 64.8 Å². The average Bonchev–Trinajstić information content (AvgIpc) is 2.44. The Labute approximate surface area is 120 Å². The molecular weight excluding hydrogens is 256 g/mol. The first-order valence-corrected chi connectivity index (χ1v) is 6.78. The van der Waals surface area contributed by atoms with Crippen molar-refractivity contribution in [2.75, 3.05) is 34.4 Å². The number of nitrogens with two attached hydrogens (primary N) is 1. The van der Waals surface area contributed by atoms with Crippen molar-refractivity contribution in [1.29, 1.82) is 0 Å².